The molecule has 0 N–H and O–H groups in total. The SMILES string of the molecule is CCCCCCCN1C(C)=CSC1=CC1SC=C(C)N1CCCCC(I)CC. The minimum Gasteiger partial charge on any atom is -0.359 e. The van der Waals surface area contributed by atoms with Crippen LogP contribution in [0.25, 0.3) is 0 Å². The van der Waals surface area contributed by atoms with Crippen LogP contribution in [-0.2, 0) is 0 Å². The zero-order chi connectivity index (χ0) is 20.4. The van der Waals surface area contributed by atoms with Crippen molar-refractivity contribution in [3.8, 4) is 0 Å². The lowest BCUT2D eigenvalue weighted by molar-refractivity contribution is 0.349. The first kappa shape index (κ1) is 24.5. The largest absolute Gasteiger partial charge is 0.359 e. The Labute approximate surface area is 196 Å². The Hall–Kier alpha value is 0.250. The molecule has 0 saturated heterocycles. The molecule has 0 amide bonds. The van der Waals surface area contributed by atoms with Gasteiger partial charge < -0.3 is 9.80 Å². The van der Waals surface area contributed by atoms with Crippen LogP contribution in [0.3, 0.4) is 0 Å². The smallest absolute Gasteiger partial charge is 0.100 e. The summed E-state index contributed by atoms with van der Waals surface area (Å²) in [5.74, 6) is 0. The highest BCUT2D eigenvalue weighted by Gasteiger charge is 2.26. The minimum atomic E-state index is 0.464. The van der Waals surface area contributed by atoms with E-state index in [2.05, 4.69) is 77.0 Å². The van der Waals surface area contributed by atoms with Crippen LogP contribution in [0.1, 0.15) is 85.5 Å². The van der Waals surface area contributed by atoms with Crippen molar-refractivity contribution >= 4 is 46.1 Å². The number of hydrogen-bond acceptors (Lipinski definition) is 4. The van der Waals surface area contributed by atoms with Gasteiger partial charge in [-0.2, -0.15) is 0 Å². The third-order valence-corrected chi connectivity index (χ3v) is 9.27. The maximum absolute atomic E-state index is 2.61. The lowest BCUT2D eigenvalue weighted by atomic mass is 10.1. The zero-order valence-electron chi connectivity index (χ0n) is 18.3. The summed E-state index contributed by atoms with van der Waals surface area (Å²) in [5.41, 5.74) is 2.85. The first-order valence-electron chi connectivity index (χ1n) is 11.1. The molecule has 2 nitrogen and oxygen atoms in total. The van der Waals surface area contributed by atoms with Crippen LogP contribution in [0, 0.1) is 0 Å². The monoisotopic (exact) mass is 534 g/mol. The van der Waals surface area contributed by atoms with Crippen LogP contribution in [0.15, 0.2) is 33.3 Å². The van der Waals surface area contributed by atoms with E-state index in [-0.39, 0.29) is 0 Å². The summed E-state index contributed by atoms with van der Waals surface area (Å²) in [7, 11) is 0. The maximum atomic E-state index is 2.61. The molecule has 2 heterocycles. The van der Waals surface area contributed by atoms with Gasteiger partial charge in [0.25, 0.3) is 0 Å². The molecular weight excluding hydrogens is 495 g/mol. The lowest BCUT2D eigenvalue weighted by Crippen LogP contribution is -2.28. The summed E-state index contributed by atoms with van der Waals surface area (Å²) in [4.78, 5) is 5.16. The topological polar surface area (TPSA) is 6.48 Å². The second kappa shape index (κ2) is 13.5. The predicted octanol–water partition coefficient (Wildman–Crippen LogP) is 8.33. The predicted molar refractivity (Wildman–Crippen MR) is 139 cm³/mol. The molecule has 2 rings (SSSR count). The van der Waals surface area contributed by atoms with Crippen LogP contribution in [0.4, 0.5) is 0 Å². The quantitative estimate of drug-likeness (QED) is 0.133. The van der Waals surface area contributed by atoms with Crippen LogP contribution in [0.5, 0.6) is 0 Å². The molecule has 0 aliphatic carbocycles. The number of unbranched alkanes of at least 4 members (excludes halogenated alkanes) is 5. The highest BCUT2D eigenvalue weighted by Crippen LogP contribution is 2.39. The van der Waals surface area contributed by atoms with E-state index in [0.29, 0.717) is 5.37 Å². The third kappa shape index (κ3) is 7.82. The summed E-state index contributed by atoms with van der Waals surface area (Å²) < 4.78 is 0.843. The fourth-order valence-electron chi connectivity index (χ4n) is 3.65. The summed E-state index contributed by atoms with van der Waals surface area (Å²) >= 11 is 6.49. The molecule has 2 aliphatic heterocycles. The van der Waals surface area contributed by atoms with E-state index in [9.17, 15) is 0 Å². The summed E-state index contributed by atoms with van der Waals surface area (Å²) in [6, 6.07) is 0. The number of alkyl halides is 1. The van der Waals surface area contributed by atoms with E-state index >= 15 is 0 Å². The Morgan fingerprint density at radius 1 is 1.00 bits per heavy atom. The van der Waals surface area contributed by atoms with Crippen molar-refractivity contribution in [2.75, 3.05) is 13.1 Å². The van der Waals surface area contributed by atoms with Gasteiger partial charge in [-0.15, -0.1) is 11.8 Å². The van der Waals surface area contributed by atoms with E-state index in [1.165, 1.54) is 87.3 Å². The zero-order valence-corrected chi connectivity index (χ0v) is 22.0. The fraction of sp³-hybridized carbons (Fsp3) is 0.739. The van der Waals surface area contributed by atoms with E-state index in [1.54, 1.807) is 0 Å². The van der Waals surface area contributed by atoms with Gasteiger partial charge in [0.15, 0.2) is 0 Å². The van der Waals surface area contributed by atoms with Crippen molar-refractivity contribution in [1.82, 2.24) is 9.80 Å². The molecule has 2 atom stereocenters. The van der Waals surface area contributed by atoms with Gasteiger partial charge in [-0.3, -0.25) is 0 Å². The van der Waals surface area contributed by atoms with Gasteiger partial charge in [-0.25, -0.2) is 0 Å². The van der Waals surface area contributed by atoms with Gasteiger partial charge in [-0.05, 0) is 56.4 Å². The summed E-state index contributed by atoms with van der Waals surface area (Å²) in [6.07, 6.45) is 14.5. The first-order valence-corrected chi connectivity index (χ1v) is 14.2. The number of halogens is 1. The lowest BCUT2D eigenvalue weighted by Gasteiger charge is -2.28. The first-order chi connectivity index (χ1) is 13.6. The van der Waals surface area contributed by atoms with Gasteiger partial charge in [-0.1, -0.05) is 80.3 Å². The standard InChI is InChI=1S/C23H39IN2S2/c1-5-7-8-9-11-14-25-19(3)17-27-22(25)16-23-26(20(4)18-28-23)15-12-10-13-21(24)6-2/h16-18,21,23H,5-15H2,1-4H3. The molecule has 0 aromatic carbocycles. The molecule has 0 spiro atoms. The van der Waals surface area contributed by atoms with Crippen LogP contribution < -0.4 is 0 Å². The molecule has 2 unspecified atom stereocenters. The second-order valence-corrected chi connectivity index (χ2v) is 11.6. The molecule has 0 aromatic heterocycles. The van der Waals surface area contributed by atoms with E-state index in [0.717, 1.165) is 3.92 Å². The van der Waals surface area contributed by atoms with E-state index < -0.39 is 0 Å². The van der Waals surface area contributed by atoms with Crippen LogP contribution >= 0.6 is 46.1 Å². The van der Waals surface area contributed by atoms with E-state index in [1.807, 2.05) is 23.5 Å². The van der Waals surface area contributed by atoms with Crippen molar-refractivity contribution in [1.29, 1.82) is 0 Å². The molecule has 0 bridgehead atoms. The molecule has 5 heteroatoms. The third-order valence-electron chi connectivity index (χ3n) is 5.56. The molecular formula is C23H39IN2S2. The van der Waals surface area contributed by atoms with Crippen LogP contribution in [-0.4, -0.2) is 32.2 Å². The number of hydrogen-bond donors (Lipinski definition) is 0. The van der Waals surface area contributed by atoms with Crippen molar-refractivity contribution in [2.24, 2.45) is 0 Å². The normalized spacial score (nSPS) is 22.2. The maximum Gasteiger partial charge on any atom is 0.100 e. The van der Waals surface area contributed by atoms with Crippen LogP contribution in [0.2, 0.25) is 0 Å². The average molecular weight is 535 g/mol. The average Bonchev–Trinajstić information content (AvgIpc) is 3.21. The summed E-state index contributed by atoms with van der Waals surface area (Å²) in [6.45, 7) is 11.5. The van der Waals surface area contributed by atoms with Crippen molar-refractivity contribution in [3.63, 3.8) is 0 Å². The Kier molecular flexibility index (Phi) is 11.8. The molecule has 0 saturated carbocycles. The molecule has 28 heavy (non-hydrogen) atoms. The molecule has 0 radical (unpaired) electrons. The van der Waals surface area contributed by atoms with Crippen molar-refractivity contribution in [2.45, 2.75) is 94.8 Å². The van der Waals surface area contributed by atoms with Crippen molar-refractivity contribution in [3.05, 3.63) is 33.3 Å². The van der Waals surface area contributed by atoms with Gasteiger partial charge in [0.05, 0.1) is 5.03 Å². The minimum absolute atomic E-state index is 0.464. The number of nitrogens with zero attached hydrogens (tertiary/aromatic N) is 2. The van der Waals surface area contributed by atoms with E-state index in [4.69, 9.17) is 0 Å². The fourth-order valence-corrected chi connectivity index (χ4v) is 6.27. The highest BCUT2D eigenvalue weighted by atomic mass is 127. The van der Waals surface area contributed by atoms with Gasteiger partial charge in [0, 0.05) is 28.4 Å². The Balaban J connectivity index is 1.86. The van der Waals surface area contributed by atoms with Crippen molar-refractivity contribution < 1.29 is 0 Å². The Morgan fingerprint density at radius 2 is 1.75 bits per heavy atom. The van der Waals surface area contributed by atoms with Gasteiger partial charge in [0.1, 0.15) is 5.37 Å². The molecule has 0 aromatic rings. The number of allylic oxidation sites excluding steroid dienone is 2. The second-order valence-electron chi connectivity index (χ2n) is 7.93. The number of thioether (sulfide) groups is 2. The Bertz CT molecular complexity index is 559. The van der Waals surface area contributed by atoms with Gasteiger partial charge in [0.2, 0.25) is 0 Å². The highest BCUT2D eigenvalue weighted by molar-refractivity contribution is 14.1. The van der Waals surface area contributed by atoms with Gasteiger partial charge >= 0.3 is 0 Å². The molecule has 0 fully saturated rings. The molecule has 2 aliphatic rings. The molecule has 160 valence electrons. The summed E-state index contributed by atoms with van der Waals surface area (Å²) in [5, 5.41) is 6.58. The Morgan fingerprint density at radius 3 is 2.50 bits per heavy atom. The number of rotatable bonds is 13.